The molecular formula is C13H22N2O. The first-order chi connectivity index (χ1) is 7.44. The van der Waals surface area contributed by atoms with E-state index in [1.807, 2.05) is 13.0 Å². The van der Waals surface area contributed by atoms with Gasteiger partial charge in [0.1, 0.15) is 5.75 Å². The molecule has 90 valence electrons. The second-order valence-corrected chi connectivity index (χ2v) is 5.04. The molecule has 0 unspecified atom stereocenters. The molecule has 1 aromatic rings. The van der Waals surface area contributed by atoms with Crippen LogP contribution in [0.1, 0.15) is 38.6 Å². The van der Waals surface area contributed by atoms with Gasteiger partial charge in [-0.3, -0.25) is 4.98 Å². The van der Waals surface area contributed by atoms with Crippen LogP contribution in [0.3, 0.4) is 0 Å². The molecule has 0 aromatic carbocycles. The summed E-state index contributed by atoms with van der Waals surface area (Å²) >= 11 is 0. The van der Waals surface area contributed by atoms with Crippen LogP contribution in [0.4, 0.5) is 0 Å². The zero-order valence-corrected chi connectivity index (χ0v) is 10.7. The summed E-state index contributed by atoms with van der Waals surface area (Å²) in [5.74, 6) is 0.271. The highest BCUT2D eigenvalue weighted by molar-refractivity contribution is 5.27. The molecule has 0 saturated heterocycles. The number of aromatic hydroxyl groups is 1. The molecule has 1 aromatic heterocycles. The van der Waals surface area contributed by atoms with E-state index in [2.05, 4.69) is 31.1 Å². The third-order valence-corrected chi connectivity index (χ3v) is 2.94. The van der Waals surface area contributed by atoms with Gasteiger partial charge in [0.05, 0.1) is 5.69 Å². The topological polar surface area (TPSA) is 45.2 Å². The third-order valence-electron chi connectivity index (χ3n) is 2.94. The third kappa shape index (κ3) is 3.81. The smallest absolute Gasteiger partial charge is 0.138 e. The van der Waals surface area contributed by atoms with E-state index >= 15 is 0 Å². The molecule has 0 aliphatic heterocycles. The molecule has 0 saturated carbocycles. The summed E-state index contributed by atoms with van der Waals surface area (Å²) < 4.78 is 0. The van der Waals surface area contributed by atoms with E-state index in [9.17, 15) is 5.11 Å². The summed E-state index contributed by atoms with van der Waals surface area (Å²) in [5.41, 5.74) is 1.95. The average molecular weight is 222 g/mol. The number of hydrogen-bond acceptors (Lipinski definition) is 3. The zero-order chi connectivity index (χ0) is 12.2. The fourth-order valence-corrected chi connectivity index (χ4v) is 1.38. The van der Waals surface area contributed by atoms with Crippen LogP contribution in [0.25, 0.3) is 0 Å². The fourth-order valence-electron chi connectivity index (χ4n) is 1.38. The minimum absolute atomic E-state index is 0.271. The number of pyridine rings is 1. The summed E-state index contributed by atoms with van der Waals surface area (Å²) in [6.45, 7) is 10.1. The molecular weight excluding hydrogens is 200 g/mol. The summed E-state index contributed by atoms with van der Waals surface area (Å²) in [6, 6.07) is 3.51. The normalized spacial score (nSPS) is 11.8. The summed E-state index contributed by atoms with van der Waals surface area (Å²) in [6.07, 6.45) is 1.13. The quantitative estimate of drug-likeness (QED) is 0.805. The Bertz CT molecular complexity index is 348. The lowest BCUT2D eigenvalue weighted by Gasteiger charge is -2.22. The van der Waals surface area contributed by atoms with Gasteiger partial charge >= 0.3 is 0 Å². The van der Waals surface area contributed by atoms with Crippen molar-refractivity contribution in [2.75, 3.05) is 6.54 Å². The molecule has 0 atom stereocenters. The lowest BCUT2D eigenvalue weighted by Crippen LogP contribution is -2.28. The number of nitrogens with zero attached hydrogens (tertiary/aromatic N) is 1. The molecule has 1 heterocycles. The number of rotatable bonds is 5. The number of nitrogens with one attached hydrogen (secondary N) is 1. The van der Waals surface area contributed by atoms with E-state index in [0.29, 0.717) is 12.0 Å². The number of aromatic nitrogens is 1. The highest BCUT2D eigenvalue weighted by Gasteiger charge is 2.14. The Morgan fingerprint density at radius 3 is 2.69 bits per heavy atom. The van der Waals surface area contributed by atoms with Crippen molar-refractivity contribution in [2.24, 2.45) is 5.41 Å². The van der Waals surface area contributed by atoms with Gasteiger partial charge in [0.25, 0.3) is 0 Å². The lowest BCUT2D eigenvalue weighted by molar-refractivity contribution is 0.325. The van der Waals surface area contributed by atoms with Crippen LogP contribution in [0.2, 0.25) is 0 Å². The van der Waals surface area contributed by atoms with Gasteiger partial charge in [-0.2, -0.15) is 0 Å². The maximum absolute atomic E-state index is 9.62. The largest absolute Gasteiger partial charge is 0.506 e. The van der Waals surface area contributed by atoms with Crippen LogP contribution in [0.5, 0.6) is 5.75 Å². The molecule has 0 aliphatic rings. The van der Waals surface area contributed by atoms with E-state index in [1.165, 1.54) is 0 Å². The maximum Gasteiger partial charge on any atom is 0.138 e. The van der Waals surface area contributed by atoms with Gasteiger partial charge in [-0.15, -0.1) is 0 Å². The average Bonchev–Trinajstić information content (AvgIpc) is 2.23. The van der Waals surface area contributed by atoms with Gasteiger partial charge in [-0.25, -0.2) is 0 Å². The zero-order valence-electron chi connectivity index (χ0n) is 10.7. The molecule has 1 rings (SSSR count). The molecule has 0 amide bonds. The Morgan fingerprint density at radius 1 is 1.38 bits per heavy atom. The van der Waals surface area contributed by atoms with Gasteiger partial charge < -0.3 is 10.4 Å². The molecule has 3 nitrogen and oxygen atoms in total. The first kappa shape index (κ1) is 13.0. The van der Waals surface area contributed by atoms with Crippen molar-refractivity contribution < 1.29 is 5.11 Å². The Labute approximate surface area is 97.9 Å². The minimum atomic E-state index is 0.271. The number of hydrogen-bond donors (Lipinski definition) is 2. The van der Waals surface area contributed by atoms with E-state index < -0.39 is 0 Å². The first-order valence-corrected chi connectivity index (χ1v) is 5.81. The van der Waals surface area contributed by atoms with Gasteiger partial charge in [0, 0.05) is 18.8 Å². The Balaban J connectivity index is 2.52. The highest BCUT2D eigenvalue weighted by Crippen LogP contribution is 2.19. The Hall–Kier alpha value is -1.09. The van der Waals surface area contributed by atoms with Crippen LogP contribution < -0.4 is 5.32 Å². The van der Waals surface area contributed by atoms with Gasteiger partial charge in [0.15, 0.2) is 0 Å². The van der Waals surface area contributed by atoms with Crippen LogP contribution in [0.15, 0.2) is 12.1 Å². The van der Waals surface area contributed by atoms with E-state index in [1.54, 1.807) is 6.07 Å². The molecule has 0 radical (unpaired) electrons. The Kier molecular flexibility index (Phi) is 4.30. The van der Waals surface area contributed by atoms with Gasteiger partial charge in [0.2, 0.25) is 0 Å². The number of aryl methyl sites for hydroxylation is 1. The minimum Gasteiger partial charge on any atom is -0.506 e. The summed E-state index contributed by atoms with van der Waals surface area (Å²) in [7, 11) is 0. The van der Waals surface area contributed by atoms with E-state index in [-0.39, 0.29) is 5.75 Å². The van der Waals surface area contributed by atoms with Crippen LogP contribution in [-0.2, 0) is 6.54 Å². The summed E-state index contributed by atoms with van der Waals surface area (Å²) in [5, 5.41) is 13.0. The fraction of sp³-hybridized carbons (Fsp3) is 0.615. The van der Waals surface area contributed by atoms with Crippen molar-refractivity contribution >= 4 is 0 Å². The molecule has 0 bridgehead atoms. The van der Waals surface area contributed by atoms with Crippen LogP contribution in [0, 0.1) is 12.3 Å². The van der Waals surface area contributed by atoms with Crippen LogP contribution in [-0.4, -0.2) is 16.6 Å². The molecule has 0 fully saturated rings. The van der Waals surface area contributed by atoms with Crippen molar-refractivity contribution in [1.82, 2.24) is 10.3 Å². The molecule has 0 aliphatic carbocycles. The van der Waals surface area contributed by atoms with E-state index in [4.69, 9.17) is 0 Å². The predicted molar refractivity (Wildman–Crippen MR) is 66.4 cm³/mol. The second-order valence-electron chi connectivity index (χ2n) is 5.04. The monoisotopic (exact) mass is 222 g/mol. The highest BCUT2D eigenvalue weighted by atomic mass is 16.3. The van der Waals surface area contributed by atoms with Crippen molar-refractivity contribution in [3.63, 3.8) is 0 Å². The van der Waals surface area contributed by atoms with Gasteiger partial charge in [-0.1, -0.05) is 20.8 Å². The van der Waals surface area contributed by atoms with Crippen molar-refractivity contribution in [2.45, 2.75) is 40.7 Å². The Morgan fingerprint density at radius 2 is 2.06 bits per heavy atom. The SMILES string of the molecule is CCC(C)(C)CNCc1nc(C)ccc1O. The molecule has 16 heavy (non-hydrogen) atoms. The van der Waals surface area contributed by atoms with Gasteiger partial charge in [-0.05, 0) is 30.9 Å². The second kappa shape index (κ2) is 5.30. The maximum atomic E-state index is 9.62. The first-order valence-electron chi connectivity index (χ1n) is 5.81. The standard InChI is InChI=1S/C13H22N2O/c1-5-13(3,4)9-14-8-11-12(16)7-6-10(2)15-11/h6-7,14,16H,5,8-9H2,1-4H3. The molecule has 0 spiro atoms. The van der Waals surface area contributed by atoms with Crippen molar-refractivity contribution in [3.8, 4) is 5.75 Å². The van der Waals surface area contributed by atoms with Crippen molar-refractivity contribution in [1.29, 1.82) is 0 Å². The van der Waals surface area contributed by atoms with E-state index in [0.717, 1.165) is 24.4 Å². The molecule has 2 N–H and O–H groups in total. The predicted octanol–water partition coefficient (Wildman–Crippen LogP) is 2.62. The lowest BCUT2D eigenvalue weighted by atomic mass is 9.90. The molecule has 3 heteroatoms. The summed E-state index contributed by atoms with van der Waals surface area (Å²) in [4.78, 5) is 4.31. The van der Waals surface area contributed by atoms with Crippen molar-refractivity contribution in [3.05, 3.63) is 23.5 Å². The van der Waals surface area contributed by atoms with Crippen LogP contribution >= 0.6 is 0 Å².